The van der Waals surface area contributed by atoms with E-state index in [1.165, 1.54) is 5.56 Å². The molecule has 1 aliphatic rings. The van der Waals surface area contributed by atoms with Gasteiger partial charge in [-0.15, -0.1) is 0 Å². The first-order valence-electron chi connectivity index (χ1n) is 5.36. The summed E-state index contributed by atoms with van der Waals surface area (Å²) in [6.45, 7) is 3.29. The van der Waals surface area contributed by atoms with E-state index in [9.17, 15) is 0 Å². The van der Waals surface area contributed by atoms with Gasteiger partial charge in [0.25, 0.3) is 0 Å². The summed E-state index contributed by atoms with van der Waals surface area (Å²) in [5.74, 6) is 6.09. The minimum absolute atomic E-state index is 0.155. The molecule has 0 atom stereocenters. The van der Waals surface area contributed by atoms with Crippen LogP contribution in [0.2, 0.25) is 0 Å². The number of hydrogen-bond donors (Lipinski definition) is 1. The van der Waals surface area contributed by atoms with Crippen molar-refractivity contribution < 1.29 is 9.57 Å². The van der Waals surface area contributed by atoms with Gasteiger partial charge in [-0.25, -0.2) is 5.90 Å². The van der Waals surface area contributed by atoms with Crippen LogP contribution in [0.25, 0.3) is 0 Å². The molecule has 0 amide bonds. The molecular weight excluding hydrogens is 190 g/mol. The highest BCUT2D eigenvalue weighted by Crippen LogP contribution is 2.48. The summed E-state index contributed by atoms with van der Waals surface area (Å²) in [5, 5.41) is 0. The molecule has 0 saturated heterocycles. The molecule has 0 aliphatic heterocycles. The molecule has 1 fully saturated rings. The lowest BCUT2D eigenvalue weighted by Gasteiger charge is -2.15. The van der Waals surface area contributed by atoms with Gasteiger partial charge in [-0.05, 0) is 37.5 Å². The van der Waals surface area contributed by atoms with Gasteiger partial charge in [-0.2, -0.15) is 0 Å². The molecule has 2 rings (SSSR count). The normalized spacial score (nSPS) is 17.5. The predicted molar refractivity (Wildman–Crippen MR) is 58.7 cm³/mol. The maximum atomic E-state index is 5.48. The van der Waals surface area contributed by atoms with Crippen molar-refractivity contribution >= 4 is 0 Å². The van der Waals surface area contributed by atoms with Crippen molar-refractivity contribution in [3.63, 3.8) is 0 Å². The van der Waals surface area contributed by atoms with E-state index in [0.29, 0.717) is 13.2 Å². The summed E-state index contributed by atoms with van der Waals surface area (Å²) in [7, 11) is 0. The number of hydrogen-bond acceptors (Lipinski definition) is 3. The van der Waals surface area contributed by atoms with Crippen LogP contribution in [0.15, 0.2) is 24.3 Å². The topological polar surface area (TPSA) is 44.5 Å². The maximum Gasteiger partial charge on any atom is 0.119 e. The fourth-order valence-electron chi connectivity index (χ4n) is 1.91. The Morgan fingerprint density at radius 3 is 2.80 bits per heavy atom. The molecule has 15 heavy (non-hydrogen) atoms. The highest BCUT2D eigenvalue weighted by Gasteiger charge is 2.44. The molecule has 0 bridgehead atoms. The molecule has 0 aromatic heterocycles. The molecule has 0 spiro atoms. The summed E-state index contributed by atoms with van der Waals surface area (Å²) in [4.78, 5) is 4.78. The van der Waals surface area contributed by atoms with Crippen LogP contribution in [0.1, 0.15) is 25.3 Å². The van der Waals surface area contributed by atoms with Crippen LogP contribution < -0.4 is 10.6 Å². The Hall–Kier alpha value is -1.06. The second-order valence-electron chi connectivity index (χ2n) is 4.05. The van der Waals surface area contributed by atoms with Crippen molar-refractivity contribution in [3.8, 4) is 5.75 Å². The molecule has 1 saturated carbocycles. The van der Waals surface area contributed by atoms with Crippen molar-refractivity contribution in [2.24, 2.45) is 5.90 Å². The monoisotopic (exact) mass is 207 g/mol. The van der Waals surface area contributed by atoms with Gasteiger partial charge in [0, 0.05) is 5.41 Å². The quantitative estimate of drug-likeness (QED) is 0.751. The summed E-state index contributed by atoms with van der Waals surface area (Å²) in [5.41, 5.74) is 1.43. The Kier molecular flexibility index (Phi) is 2.93. The third-order valence-corrected chi connectivity index (χ3v) is 2.97. The van der Waals surface area contributed by atoms with E-state index in [-0.39, 0.29) is 5.41 Å². The third kappa shape index (κ3) is 2.13. The highest BCUT2D eigenvalue weighted by atomic mass is 16.6. The summed E-state index contributed by atoms with van der Waals surface area (Å²) >= 11 is 0. The molecule has 3 nitrogen and oxygen atoms in total. The largest absolute Gasteiger partial charge is 0.494 e. The Morgan fingerprint density at radius 2 is 2.20 bits per heavy atom. The molecule has 1 aliphatic carbocycles. The lowest BCUT2D eigenvalue weighted by Crippen LogP contribution is -2.18. The molecule has 1 aromatic rings. The Morgan fingerprint density at radius 1 is 1.40 bits per heavy atom. The number of nitrogens with two attached hydrogens (primary N) is 1. The zero-order chi connectivity index (χ0) is 10.7. The van der Waals surface area contributed by atoms with Crippen LogP contribution >= 0.6 is 0 Å². The molecule has 3 heteroatoms. The van der Waals surface area contributed by atoms with E-state index >= 15 is 0 Å². The van der Waals surface area contributed by atoms with E-state index in [2.05, 4.69) is 12.1 Å². The fourth-order valence-corrected chi connectivity index (χ4v) is 1.91. The molecular formula is C12H17NO2. The predicted octanol–water partition coefficient (Wildman–Crippen LogP) is 2.01. The Bertz CT molecular complexity index is 334. The van der Waals surface area contributed by atoms with Crippen molar-refractivity contribution in [2.45, 2.75) is 25.2 Å². The van der Waals surface area contributed by atoms with Gasteiger partial charge in [0.05, 0.1) is 13.2 Å². The lowest BCUT2D eigenvalue weighted by atomic mass is 9.97. The van der Waals surface area contributed by atoms with Crippen LogP contribution in [0, 0.1) is 0 Å². The van der Waals surface area contributed by atoms with Gasteiger partial charge in [0.1, 0.15) is 5.75 Å². The van der Waals surface area contributed by atoms with Gasteiger partial charge < -0.3 is 9.57 Å². The molecule has 0 radical (unpaired) electrons. The Labute approximate surface area is 90.1 Å². The number of ether oxygens (including phenoxy) is 1. The SMILES string of the molecule is CCOc1cccc(C2(CON)CC2)c1. The first-order chi connectivity index (χ1) is 7.30. The van der Waals surface area contributed by atoms with E-state index in [0.717, 1.165) is 18.6 Å². The van der Waals surface area contributed by atoms with E-state index in [4.69, 9.17) is 15.5 Å². The van der Waals surface area contributed by atoms with Crippen molar-refractivity contribution in [3.05, 3.63) is 29.8 Å². The molecule has 0 heterocycles. The lowest BCUT2D eigenvalue weighted by molar-refractivity contribution is 0.116. The van der Waals surface area contributed by atoms with Crippen molar-refractivity contribution in [2.75, 3.05) is 13.2 Å². The number of benzene rings is 1. The van der Waals surface area contributed by atoms with Crippen LogP contribution in [-0.2, 0) is 10.3 Å². The van der Waals surface area contributed by atoms with Gasteiger partial charge in [-0.1, -0.05) is 12.1 Å². The zero-order valence-electron chi connectivity index (χ0n) is 9.03. The first kappa shape index (κ1) is 10.5. The minimum atomic E-state index is 0.155. The molecule has 2 N–H and O–H groups in total. The summed E-state index contributed by atoms with van der Waals surface area (Å²) < 4.78 is 5.48. The van der Waals surface area contributed by atoms with Gasteiger partial charge >= 0.3 is 0 Å². The van der Waals surface area contributed by atoms with Crippen molar-refractivity contribution in [1.82, 2.24) is 0 Å². The van der Waals surface area contributed by atoms with Crippen LogP contribution in [0.4, 0.5) is 0 Å². The fraction of sp³-hybridized carbons (Fsp3) is 0.500. The smallest absolute Gasteiger partial charge is 0.119 e. The minimum Gasteiger partial charge on any atom is -0.494 e. The standard InChI is InChI=1S/C12H17NO2/c1-2-14-11-5-3-4-10(8-11)12(6-7-12)9-15-13/h3-5,8H,2,6-7,9,13H2,1H3. The van der Waals surface area contributed by atoms with Crippen LogP contribution in [0.5, 0.6) is 5.75 Å². The van der Waals surface area contributed by atoms with E-state index in [1.54, 1.807) is 0 Å². The number of rotatable bonds is 5. The summed E-state index contributed by atoms with van der Waals surface area (Å²) in [6, 6.07) is 8.22. The van der Waals surface area contributed by atoms with Gasteiger partial charge in [0.2, 0.25) is 0 Å². The van der Waals surface area contributed by atoms with Gasteiger partial charge in [-0.3, -0.25) is 0 Å². The molecule has 82 valence electrons. The zero-order valence-corrected chi connectivity index (χ0v) is 9.03. The maximum absolute atomic E-state index is 5.48. The van der Waals surface area contributed by atoms with E-state index in [1.807, 2.05) is 19.1 Å². The molecule has 0 unspecified atom stereocenters. The second-order valence-corrected chi connectivity index (χ2v) is 4.05. The van der Waals surface area contributed by atoms with Gasteiger partial charge in [0.15, 0.2) is 0 Å². The Balaban J connectivity index is 2.17. The van der Waals surface area contributed by atoms with Crippen LogP contribution in [-0.4, -0.2) is 13.2 Å². The summed E-state index contributed by atoms with van der Waals surface area (Å²) in [6.07, 6.45) is 2.31. The average molecular weight is 207 g/mol. The molecule has 1 aromatic carbocycles. The highest BCUT2D eigenvalue weighted by molar-refractivity contribution is 5.37. The second kappa shape index (κ2) is 4.21. The van der Waals surface area contributed by atoms with Crippen molar-refractivity contribution in [1.29, 1.82) is 0 Å². The van der Waals surface area contributed by atoms with Crippen LogP contribution in [0.3, 0.4) is 0 Å². The first-order valence-corrected chi connectivity index (χ1v) is 5.36. The third-order valence-electron chi connectivity index (χ3n) is 2.97. The average Bonchev–Trinajstić information content (AvgIpc) is 3.01. The van der Waals surface area contributed by atoms with E-state index < -0.39 is 0 Å².